The smallest absolute Gasteiger partial charge is 0.311 e. The normalized spacial score (nSPS) is 15.9. The number of ether oxygens (including phenoxy) is 1. The van der Waals surface area contributed by atoms with E-state index in [0.29, 0.717) is 25.7 Å². The zero-order valence-corrected chi connectivity index (χ0v) is 12.2. The van der Waals surface area contributed by atoms with Crippen molar-refractivity contribution in [2.24, 2.45) is 5.41 Å². The summed E-state index contributed by atoms with van der Waals surface area (Å²) in [7, 11) is 1.61. The van der Waals surface area contributed by atoms with Crippen LogP contribution in [0, 0.1) is 5.41 Å². The van der Waals surface area contributed by atoms with Crippen molar-refractivity contribution in [1.82, 2.24) is 5.32 Å². The van der Waals surface area contributed by atoms with E-state index in [-0.39, 0.29) is 12.5 Å². The molecule has 5 nitrogen and oxygen atoms in total. The highest BCUT2D eigenvalue weighted by Crippen LogP contribution is 2.40. The maximum Gasteiger partial charge on any atom is 0.311 e. The molecule has 1 aromatic rings. The summed E-state index contributed by atoms with van der Waals surface area (Å²) < 4.78 is 5.14. The van der Waals surface area contributed by atoms with E-state index in [0.717, 1.165) is 17.7 Å². The number of carboxylic acids is 1. The zero-order chi connectivity index (χ0) is 15.3. The van der Waals surface area contributed by atoms with Gasteiger partial charge in [0.15, 0.2) is 0 Å². The second-order valence-corrected chi connectivity index (χ2v) is 5.57. The van der Waals surface area contributed by atoms with Crippen LogP contribution < -0.4 is 10.1 Å². The SMILES string of the molecule is COc1cccc(CCC(=O)NCC2(C(=O)O)CCC2)c1. The van der Waals surface area contributed by atoms with E-state index in [1.54, 1.807) is 7.11 Å². The number of benzene rings is 1. The average molecular weight is 291 g/mol. The lowest BCUT2D eigenvalue weighted by Gasteiger charge is -2.37. The van der Waals surface area contributed by atoms with Crippen LogP contribution in [-0.4, -0.2) is 30.6 Å². The van der Waals surface area contributed by atoms with E-state index >= 15 is 0 Å². The van der Waals surface area contributed by atoms with Gasteiger partial charge in [-0.25, -0.2) is 0 Å². The number of carboxylic acid groups (broad SMARTS) is 1. The molecule has 1 saturated carbocycles. The Morgan fingerprint density at radius 2 is 2.14 bits per heavy atom. The van der Waals surface area contributed by atoms with Gasteiger partial charge in [0.25, 0.3) is 0 Å². The van der Waals surface area contributed by atoms with Gasteiger partial charge in [-0.3, -0.25) is 9.59 Å². The van der Waals surface area contributed by atoms with Crippen molar-refractivity contribution in [2.75, 3.05) is 13.7 Å². The van der Waals surface area contributed by atoms with Gasteiger partial charge < -0.3 is 15.2 Å². The van der Waals surface area contributed by atoms with E-state index in [9.17, 15) is 14.7 Å². The first-order valence-electron chi connectivity index (χ1n) is 7.19. The minimum atomic E-state index is -0.804. The molecule has 1 aromatic carbocycles. The predicted octanol–water partition coefficient (Wildman–Crippen LogP) is 2.00. The molecular formula is C16H21NO4. The van der Waals surface area contributed by atoms with Gasteiger partial charge in [0, 0.05) is 13.0 Å². The lowest BCUT2D eigenvalue weighted by atomic mass is 9.69. The Labute approximate surface area is 124 Å². The van der Waals surface area contributed by atoms with Crippen LogP contribution in [0.2, 0.25) is 0 Å². The number of carbonyl (C=O) groups is 2. The summed E-state index contributed by atoms with van der Waals surface area (Å²) in [6.07, 6.45) is 3.19. The van der Waals surface area contributed by atoms with Gasteiger partial charge in [-0.15, -0.1) is 0 Å². The highest BCUT2D eigenvalue weighted by molar-refractivity contribution is 5.79. The summed E-state index contributed by atoms with van der Waals surface area (Å²) in [5, 5.41) is 12.0. The molecule has 21 heavy (non-hydrogen) atoms. The molecule has 5 heteroatoms. The summed E-state index contributed by atoms with van der Waals surface area (Å²) in [5.74, 6) is -0.139. The fraction of sp³-hybridized carbons (Fsp3) is 0.500. The molecule has 0 bridgehead atoms. The molecule has 114 valence electrons. The van der Waals surface area contributed by atoms with Crippen LogP contribution in [0.1, 0.15) is 31.2 Å². The van der Waals surface area contributed by atoms with E-state index < -0.39 is 11.4 Å². The van der Waals surface area contributed by atoms with E-state index in [2.05, 4.69) is 5.32 Å². The van der Waals surface area contributed by atoms with Crippen LogP contribution >= 0.6 is 0 Å². The molecule has 2 N–H and O–H groups in total. The molecule has 0 aromatic heterocycles. The van der Waals surface area contributed by atoms with Crippen molar-refractivity contribution in [1.29, 1.82) is 0 Å². The van der Waals surface area contributed by atoms with Crippen molar-refractivity contribution < 1.29 is 19.4 Å². The van der Waals surface area contributed by atoms with E-state index in [1.807, 2.05) is 24.3 Å². The molecule has 0 spiro atoms. The topological polar surface area (TPSA) is 75.6 Å². The summed E-state index contributed by atoms with van der Waals surface area (Å²) in [4.78, 5) is 23.0. The Morgan fingerprint density at radius 3 is 2.71 bits per heavy atom. The third kappa shape index (κ3) is 3.74. The molecule has 0 radical (unpaired) electrons. The number of carbonyl (C=O) groups excluding carboxylic acids is 1. The number of amides is 1. The Hall–Kier alpha value is -2.04. The first kappa shape index (κ1) is 15.4. The monoisotopic (exact) mass is 291 g/mol. The Kier molecular flexibility index (Phi) is 4.83. The van der Waals surface area contributed by atoms with Crippen molar-refractivity contribution in [3.8, 4) is 5.75 Å². The van der Waals surface area contributed by atoms with Crippen molar-refractivity contribution in [3.05, 3.63) is 29.8 Å². The number of rotatable bonds is 7. The van der Waals surface area contributed by atoms with Gasteiger partial charge in [0.2, 0.25) is 5.91 Å². The first-order valence-corrected chi connectivity index (χ1v) is 7.19. The van der Waals surface area contributed by atoms with Gasteiger partial charge in [-0.05, 0) is 37.0 Å². The average Bonchev–Trinajstić information content (AvgIpc) is 2.44. The summed E-state index contributed by atoms with van der Waals surface area (Å²) in [5.41, 5.74) is 0.298. The Morgan fingerprint density at radius 1 is 1.38 bits per heavy atom. The first-order chi connectivity index (χ1) is 10.1. The van der Waals surface area contributed by atoms with Crippen LogP contribution in [0.4, 0.5) is 0 Å². The zero-order valence-electron chi connectivity index (χ0n) is 12.2. The van der Waals surface area contributed by atoms with E-state index in [4.69, 9.17) is 4.74 Å². The van der Waals surface area contributed by atoms with Crippen molar-refractivity contribution in [3.63, 3.8) is 0 Å². The molecule has 2 rings (SSSR count). The molecule has 0 aliphatic heterocycles. The predicted molar refractivity (Wildman–Crippen MR) is 78.2 cm³/mol. The lowest BCUT2D eigenvalue weighted by Crippen LogP contribution is -2.47. The Bertz CT molecular complexity index is 523. The maximum absolute atomic E-state index is 11.8. The summed E-state index contributed by atoms with van der Waals surface area (Å²) >= 11 is 0. The fourth-order valence-electron chi connectivity index (χ4n) is 2.51. The molecule has 1 aliphatic carbocycles. The lowest BCUT2D eigenvalue weighted by molar-refractivity contribution is -0.154. The standard InChI is InChI=1S/C16H21NO4/c1-21-13-5-2-4-12(10-13)6-7-14(18)17-11-16(15(19)20)8-3-9-16/h2,4-5,10H,3,6-9,11H2,1H3,(H,17,18)(H,19,20). The number of aryl methyl sites for hydroxylation is 1. The van der Waals surface area contributed by atoms with Gasteiger partial charge in [-0.1, -0.05) is 18.6 Å². The minimum absolute atomic E-state index is 0.106. The van der Waals surface area contributed by atoms with Crippen LogP contribution in [-0.2, 0) is 16.0 Å². The minimum Gasteiger partial charge on any atom is -0.497 e. The molecule has 0 atom stereocenters. The molecule has 0 unspecified atom stereocenters. The van der Waals surface area contributed by atoms with Crippen LogP contribution in [0.3, 0.4) is 0 Å². The fourth-order valence-corrected chi connectivity index (χ4v) is 2.51. The third-order valence-corrected chi connectivity index (χ3v) is 4.16. The van der Waals surface area contributed by atoms with Crippen LogP contribution in [0.5, 0.6) is 5.75 Å². The van der Waals surface area contributed by atoms with E-state index in [1.165, 1.54) is 0 Å². The maximum atomic E-state index is 11.8. The number of aliphatic carboxylic acids is 1. The second kappa shape index (κ2) is 6.61. The number of nitrogens with one attached hydrogen (secondary N) is 1. The molecule has 0 saturated heterocycles. The Balaban J connectivity index is 1.78. The number of methoxy groups -OCH3 is 1. The van der Waals surface area contributed by atoms with Crippen molar-refractivity contribution >= 4 is 11.9 Å². The molecule has 1 fully saturated rings. The second-order valence-electron chi connectivity index (χ2n) is 5.57. The largest absolute Gasteiger partial charge is 0.497 e. The van der Waals surface area contributed by atoms with Gasteiger partial charge in [0.05, 0.1) is 12.5 Å². The van der Waals surface area contributed by atoms with Gasteiger partial charge >= 0.3 is 5.97 Å². The van der Waals surface area contributed by atoms with Gasteiger partial charge in [0.1, 0.15) is 5.75 Å². The van der Waals surface area contributed by atoms with Crippen LogP contribution in [0.15, 0.2) is 24.3 Å². The summed E-state index contributed by atoms with van der Waals surface area (Å²) in [6.45, 7) is 0.235. The molecule has 1 amide bonds. The third-order valence-electron chi connectivity index (χ3n) is 4.16. The molecule has 1 aliphatic rings. The number of hydrogen-bond acceptors (Lipinski definition) is 3. The van der Waals surface area contributed by atoms with Crippen LogP contribution in [0.25, 0.3) is 0 Å². The molecular weight excluding hydrogens is 270 g/mol. The van der Waals surface area contributed by atoms with Gasteiger partial charge in [-0.2, -0.15) is 0 Å². The summed E-state index contributed by atoms with van der Waals surface area (Å²) in [6, 6.07) is 7.59. The molecule has 0 heterocycles. The quantitative estimate of drug-likeness (QED) is 0.805. The number of hydrogen-bond donors (Lipinski definition) is 2. The highest BCUT2D eigenvalue weighted by atomic mass is 16.5. The highest BCUT2D eigenvalue weighted by Gasteiger charge is 2.44. The van der Waals surface area contributed by atoms with Crippen molar-refractivity contribution in [2.45, 2.75) is 32.1 Å².